The fourth-order valence-electron chi connectivity index (χ4n) is 3.05. The Bertz CT molecular complexity index is 1050. The van der Waals surface area contributed by atoms with Crippen molar-refractivity contribution in [3.05, 3.63) is 57.1 Å². The number of ether oxygens (including phenoxy) is 1. The number of hydrazone groups is 1. The summed E-state index contributed by atoms with van der Waals surface area (Å²) < 4.78 is 6.44. The highest BCUT2D eigenvalue weighted by Crippen LogP contribution is 2.23. The van der Waals surface area contributed by atoms with Crippen molar-refractivity contribution in [3.8, 4) is 5.75 Å². The Balaban J connectivity index is 2.02. The van der Waals surface area contributed by atoms with E-state index in [9.17, 15) is 14.4 Å². The van der Waals surface area contributed by atoms with Crippen LogP contribution in [0.3, 0.4) is 0 Å². The zero-order valence-electron chi connectivity index (χ0n) is 19.4. The molecule has 1 atom stereocenters. The van der Waals surface area contributed by atoms with Gasteiger partial charge in [-0.3, -0.25) is 14.4 Å². The average Bonchev–Trinajstić information content (AvgIpc) is 2.75. The molecule has 3 N–H and O–H groups in total. The Labute approximate surface area is 202 Å². The SMILES string of the molecule is CC[C@H](C)NC(=O)C(=O)N/N=C\c1cc(Br)ccc1OCC(=O)Nc1c(C)cc(C)cc1C. The van der Waals surface area contributed by atoms with Crippen LogP contribution in [0.1, 0.15) is 42.5 Å². The van der Waals surface area contributed by atoms with Crippen LogP contribution in [0.5, 0.6) is 5.75 Å². The lowest BCUT2D eigenvalue weighted by Crippen LogP contribution is -2.41. The normalized spacial score (nSPS) is 11.7. The summed E-state index contributed by atoms with van der Waals surface area (Å²) in [6.07, 6.45) is 2.05. The first-order valence-corrected chi connectivity index (χ1v) is 11.3. The van der Waals surface area contributed by atoms with Gasteiger partial charge in [0.15, 0.2) is 6.61 Å². The van der Waals surface area contributed by atoms with Crippen molar-refractivity contribution in [1.29, 1.82) is 0 Å². The van der Waals surface area contributed by atoms with Crippen molar-refractivity contribution < 1.29 is 19.1 Å². The molecule has 0 saturated heterocycles. The van der Waals surface area contributed by atoms with Crippen molar-refractivity contribution in [2.45, 2.75) is 47.1 Å². The third-order valence-corrected chi connectivity index (χ3v) is 5.33. The Kier molecular flexibility index (Phi) is 9.59. The molecule has 0 aliphatic carbocycles. The minimum atomic E-state index is -0.868. The summed E-state index contributed by atoms with van der Waals surface area (Å²) in [4.78, 5) is 36.1. The number of carbonyl (C=O) groups is 3. The van der Waals surface area contributed by atoms with E-state index in [0.717, 1.165) is 26.9 Å². The summed E-state index contributed by atoms with van der Waals surface area (Å²) in [5, 5.41) is 9.29. The molecular formula is C24H29BrN4O4. The van der Waals surface area contributed by atoms with E-state index in [-0.39, 0.29) is 18.6 Å². The summed E-state index contributed by atoms with van der Waals surface area (Å²) >= 11 is 3.37. The number of amides is 3. The lowest BCUT2D eigenvalue weighted by atomic mass is 10.1. The largest absolute Gasteiger partial charge is 0.483 e. The van der Waals surface area contributed by atoms with Crippen molar-refractivity contribution in [2.75, 3.05) is 11.9 Å². The third kappa shape index (κ3) is 8.02. The molecule has 33 heavy (non-hydrogen) atoms. The number of halogens is 1. The summed E-state index contributed by atoms with van der Waals surface area (Å²) in [5.41, 5.74) is 6.56. The van der Waals surface area contributed by atoms with Gasteiger partial charge in [-0.25, -0.2) is 5.43 Å². The Morgan fingerprint density at radius 2 is 1.76 bits per heavy atom. The molecule has 2 aromatic carbocycles. The van der Waals surface area contributed by atoms with Gasteiger partial charge in [0.1, 0.15) is 5.75 Å². The molecule has 0 radical (unpaired) electrons. The van der Waals surface area contributed by atoms with Gasteiger partial charge < -0.3 is 15.4 Å². The second-order valence-corrected chi connectivity index (χ2v) is 8.69. The molecule has 0 fully saturated rings. The minimum absolute atomic E-state index is 0.115. The van der Waals surface area contributed by atoms with E-state index in [1.807, 2.05) is 39.8 Å². The molecule has 9 heteroatoms. The lowest BCUT2D eigenvalue weighted by molar-refractivity contribution is -0.139. The number of nitrogens with one attached hydrogen (secondary N) is 3. The van der Waals surface area contributed by atoms with E-state index in [4.69, 9.17) is 4.74 Å². The van der Waals surface area contributed by atoms with Crippen LogP contribution in [0.15, 0.2) is 39.9 Å². The maximum atomic E-state index is 12.5. The monoisotopic (exact) mass is 516 g/mol. The number of hydrogen-bond acceptors (Lipinski definition) is 5. The van der Waals surface area contributed by atoms with E-state index in [1.165, 1.54) is 6.21 Å². The summed E-state index contributed by atoms with van der Waals surface area (Å²) in [6.45, 7) is 9.38. The van der Waals surface area contributed by atoms with Crippen LogP contribution in [-0.2, 0) is 14.4 Å². The predicted molar refractivity (Wildman–Crippen MR) is 133 cm³/mol. The van der Waals surface area contributed by atoms with Gasteiger partial charge in [0.05, 0.1) is 6.21 Å². The molecule has 0 saturated carbocycles. The fraction of sp³-hybridized carbons (Fsp3) is 0.333. The maximum absolute atomic E-state index is 12.5. The quantitative estimate of drug-likeness (QED) is 0.282. The van der Waals surface area contributed by atoms with Crippen molar-refractivity contribution in [3.63, 3.8) is 0 Å². The smallest absolute Gasteiger partial charge is 0.329 e. The molecule has 2 aromatic rings. The molecule has 0 bridgehead atoms. The van der Waals surface area contributed by atoms with Gasteiger partial charge >= 0.3 is 11.8 Å². The van der Waals surface area contributed by atoms with Crippen molar-refractivity contribution in [1.82, 2.24) is 10.7 Å². The van der Waals surface area contributed by atoms with Gasteiger partial charge in [0, 0.05) is 21.8 Å². The van der Waals surface area contributed by atoms with Gasteiger partial charge in [-0.2, -0.15) is 5.10 Å². The molecule has 8 nitrogen and oxygen atoms in total. The van der Waals surface area contributed by atoms with Crippen LogP contribution in [0.25, 0.3) is 0 Å². The van der Waals surface area contributed by atoms with Gasteiger partial charge in [-0.15, -0.1) is 0 Å². The van der Waals surface area contributed by atoms with Gasteiger partial charge in [-0.1, -0.05) is 40.5 Å². The minimum Gasteiger partial charge on any atom is -0.483 e. The van der Waals surface area contributed by atoms with Crippen LogP contribution < -0.4 is 20.8 Å². The molecular weight excluding hydrogens is 488 g/mol. The molecule has 0 aromatic heterocycles. The molecule has 0 heterocycles. The highest BCUT2D eigenvalue weighted by atomic mass is 79.9. The summed E-state index contributed by atoms with van der Waals surface area (Å²) in [7, 11) is 0. The number of benzene rings is 2. The predicted octanol–water partition coefficient (Wildman–Crippen LogP) is 3.76. The second kappa shape index (κ2) is 12.2. The topological polar surface area (TPSA) is 109 Å². The molecule has 0 aliphatic heterocycles. The third-order valence-electron chi connectivity index (χ3n) is 4.84. The van der Waals surface area contributed by atoms with Gasteiger partial charge in [0.25, 0.3) is 5.91 Å². The zero-order chi connectivity index (χ0) is 24.5. The number of carbonyl (C=O) groups excluding carboxylic acids is 3. The standard InChI is InChI=1S/C24H29BrN4O4/c1-6-17(5)27-23(31)24(32)29-26-12-18-11-19(25)7-8-20(18)33-13-21(30)28-22-15(3)9-14(2)10-16(22)4/h7-12,17H,6,13H2,1-5H3,(H,27,31)(H,28,30)(H,29,32)/b26-12-/t17-/m0/s1. The highest BCUT2D eigenvalue weighted by Gasteiger charge is 2.15. The number of anilines is 1. The average molecular weight is 517 g/mol. The van der Waals surface area contributed by atoms with E-state index in [1.54, 1.807) is 25.1 Å². The molecule has 176 valence electrons. The van der Waals surface area contributed by atoms with Crippen LogP contribution in [-0.4, -0.2) is 36.6 Å². The molecule has 3 amide bonds. The fourth-order valence-corrected chi connectivity index (χ4v) is 3.43. The van der Waals surface area contributed by atoms with Crippen LogP contribution >= 0.6 is 15.9 Å². The van der Waals surface area contributed by atoms with Gasteiger partial charge in [0.2, 0.25) is 0 Å². The maximum Gasteiger partial charge on any atom is 0.329 e. The number of nitrogens with zero attached hydrogens (tertiary/aromatic N) is 1. The Morgan fingerprint density at radius 3 is 2.39 bits per heavy atom. The first-order valence-electron chi connectivity index (χ1n) is 10.5. The number of aryl methyl sites for hydroxylation is 3. The molecule has 0 spiro atoms. The van der Waals surface area contributed by atoms with Crippen molar-refractivity contribution in [2.24, 2.45) is 5.10 Å². The molecule has 0 unspecified atom stereocenters. The van der Waals surface area contributed by atoms with E-state index in [2.05, 4.69) is 37.1 Å². The van der Waals surface area contributed by atoms with Crippen molar-refractivity contribution >= 4 is 45.6 Å². The van der Waals surface area contributed by atoms with Gasteiger partial charge in [-0.05, 0) is 63.4 Å². The second-order valence-electron chi connectivity index (χ2n) is 7.77. The van der Waals surface area contributed by atoms with Crippen LogP contribution in [0.2, 0.25) is 0 Å². The highest BCUT2D eigenvalue weighted by molar-refractivity contribution is 9.10. The number of rotatable bonds is 8. The van der Waals surface area contributed by atoms with Crippen LogP contribution in [0.4, 0.5) is 5.69 Å². The first-order chi connectivity index (χ1) is 15.6. The lowest BCUT2D eigenvalue weighted by Gasteiger charge is -2.14. The Hall–Kier alpha value is -3.20. The molecule has 0 aliphatic rings. The Morgan fingerprint density at radius 1 is 1.09 bits per heavy atom. The van der Waals surface area contributed by atoms with E-state index < -0.39 is 11.8 Å². The number of hydrogen-bond donors (Lipinski definition) is 3. The van der Waals surface area contributed by atoms with E-state index >= 15 is 0 Å². The van der Waals surface area contributed by atoms with Crippen LogP contribution in [0, 0.1) is 20.8 Å². The summed E-state index contributed by atoms with van der Waals surface area (Å²) in [5.74, 6) is -1.53. The zero-order valence-corrected chi connectivity index (χ0v) is 21.0. The van der Waals surface area contributed by atoms with E-state index in [0.29, 0.717) is 17.7 Å². The first kappa shape index (κ1) is 26.1. The summed E-state index contributed by atoms with van der Waals surface area (Å²) in [6, 6.07) is 9.05. The molecule has 2 rings (SSSR count).